The minimum atomic E-state index is -0.302. The van der Waals surface area contributed by atoms with Crippen LogP contribution < -0.4 is 5.32 Å². The van der Waals surface area contributed by atoms with Crippen LogP contribution in [-0.2, 0) is 6.54 Å². The van der Waals surface area contributed by atoms with Crippen LogP contribution in [-0.4, -0.2) is 86.4 Å². The van der Waals surface area contributed by atoms with Gasteiger partial charge in [0.05, 0.1) is 23.5 Å². The van der Waals surface area contributed by atoms with Crippen LogP contribution in [0.3, 0.4) is 0 Å². The zero-order chi connectivity index (χ0) is 21.8. The number of likely N-dealkylation sites (tertiary alicyclic amines) is 2. The Labute approximate surface area is 181 Å². The largest absolute Gasteiger partial charge is 0.396 e. The molecular formula is C22H31N5O4. The van der Waals surface area contributed by atoms with E-state index in [0.717, 1.165) is 30.4 Å². The van der Waals surface area contributed by atoms with Crippen molar-refractivity contribution >= 4 is 23.0 Å². The first-order valence-electron chi connectivity index (χ1n) is 11.1. The number of piperidine rings is 1. The summed E-state index contributed by atoms with van der Waals surface area (Å²) in [5.74, 6) is -0.00804. The summed E-state index contributed by atoms with van der Waals surface area (Å²) in [6.45, 7) is 3.03. The second-order valence-corrected chi connectivity index (χ2v) is 8.40. The van der Waals surface area contributed by atoms with Crippen LogP contribution in [0.25, 0.3) is 11.0 Å². The predicted molar refractivity (Wildman–Crippen MR) is 116 cm³/mol. The number of urea groups is 1. The van der Waals surface area contributed by atoms with Crippen LogP contribution >= 0.6 is 0 Å². The first-order chi connectivity index (χ1) is 15.1. The molecule has 0 saturated carbocycles. The number of aromatic nitrogens is 2. The highest BCUT2D eigenvalue weighted by atomic mass is 16.3. The van der Waals surface area contributed by atoms with E-state index >= 15 is 0 Å². The summed E-state index contributed by atoms with van der Waals surface area (Å²) in [4.78, 5) is 33.2. The fourth-order valence-electron chi connectivity index (χ4n) is 4.56. The summed E-state index contributed by atoms with van der Waals surface area (Å²) < 4.78 is 1.97. The molecule has 2 aliphatic heterocycles. The van der Waals surface area contributed by atoms with Gasteiger partial charge in [-0.15, -0.1) is 0 Å². The van der Waals surface area contributed by atoms with E-state index in [1.165, 1.54) is 0 Å². The molecule has 2 saturated heterocycles. The first kappa shape index (κ1) is 21.6. The number of imidazole rings is 1. The zero-order valence-electron chi connectivity index (χ0n) is 17.7. The number of hydrogen-bond donors (Lipinski definition) is 3. The maximum atomic E-state index is 12.9. The van der Waals surface area contributed by atoms with Crippen LogP contribution in [0.1, 0.15) is 42.5 Å². The highest BCUT2D eigenvalue weighted by molar-refractivity contribution is 5.97. The Morgan fingerprint density at radius 3 is 2.74 bits per heavy atom. The summed E-state index contributed by atoms with van der Waals surface area (Å²) in [6, 6.07) is 5.56. The normalized spacial score (nSPS) is 19.9. The average Bonchev–Trinajstić information content (AvgIpc) is 3.40. The van der Waals surface area contributed by atoms with Crippen molar-refractivity contribution in [3.05, 3.63) is 30.1 Å². The van der Waals surface area contributed by atoms with Crippen molar-refractivity contribution in [2.45, 2.75) is 50.8 Å². The lowest BCUT2D eigenvalue weighted by molar-refractivity contribution is 0.0716. The Bertz CT molecular complexity index is 922. The van der Waals surface area contributed by atoms with Crippen molar-refractivity contribution in [1.29, 1.82) is 0 Å². The molecule has 2 aromatic rings. The lowest BCUT2D eigenvalue weighted by Crippen LogP contribution is -2.46. The van der Waals surface area contributed by atoms with E-state index in [1.54, 1.807) is 11.2 Å². The number of aliphatic hydroxyl groups excluding tert-OH is 2. The van der Waals surface area contributed by atoms with Crippen molar-refractivity contribution < 1.29 is 19.8 Å². The number of carbonyl (C=O) groups is 2. The third-order valence-electron chi connectivity index (χ3n) is 6.35. The summed E-state index contributed by atoms with van der Waals surface area (Å²) >= 11 is 0. The van der Waals surface area contributed by atoms with Crippen LogP contribution in [0, 0.1) is 0 Å². The molecule has 2 fully saturated rings. The fraction of sp³-hybridized carbons (Fsp3) is 0.591. The molecule has 3 heterocycles. The fourth-order valence-corrected chi connectivity index (χ4v) is 4.56. The van der Waals surface area contributed by atoms with Gasteiger partial charge in [0.25, 0.3) is 5.91 Å². The second-order valence-electron chi connectivity index (χ2n) is 8.40. The summed E-state index contributed by atoms with van der Waals surface area (Å²) in [6.07, 6.45) is 5.20. The van der Waals surface area contributed by atoms with E-state index in [9.17, 15) is 19.8 Å². The molecule has 3 amide bonds. The van der Waals surface area contributed by atoms with Gasteiger partial charge in [-0.1, -0.05) is 0 Å². The van der Waals surface area contributed by atoms with Gasteiger partial charge in [0, 0.05) is 50.9 Å². The summed E-state index contributed by atoms with van der Waals surface area (Å²) in [7, 11) is 0. The molecule has 0 aliphatic carbocycles. The summed E-state index contributed by atoms with van der Waals surface area (Å²) in [5.41, 5.74) is 2.28. The first-order valence-corrected chi connectivity index (χ1v) is 11.1. The van der Waals surface area contributed by atoms with Crippen LogP contribution in [0.5, 0.6) is 0 Å². The number of benzene rings is 1. The number of amides is 3. The van der Waals surface area contributed by atoms with Gasteiger partial charge in [0.1, 0.15) is 0 Å². The van der Waals surface area contributed by atoms with Crippen molar-refractivity contribution in [2.24, 2.45) is 0 Å². The Morgan fingerprint density at radius 1 is 1.16 bits per heavy atom. The zero-order valence-corrected chi connectivity index (χ0v) is 17.7. The molecule has 4 rings (SSSR count). The standard InChI is InChI=1S/C22H31N5O4/c28-13-7-17-2-1-9-27(17)21(30)16-3-4-20-19(14-16)24-15-26(20)12-8-23-22(31)25-10-5-18(29)6-11-25/h3-4,14-15,17-18,28-29H,1-2,5-13H2,(H,23,31). The van der Waals surface area contributed by atoms with Crippen molar-refractivity contribution in [1.82, 2.24) is 24.7 Å². The number of rotatable bonds is 6. The van der Waals surface area contributed by atoms with E-state index in [1.807, 2.05) is 27.7 Å². The average molecular weight is 430 g/mol. The number of fused-ring (bicyclic) bond motifs is 1. The molecule has 3 N–H and O–H groups in total. The molecule has 1 aromatic carbocycles. The van der Waals surface area contributed by atoms with Gasteiger partial charge in [0.15, 0.2) is 0 Å². The molecule has 31 heavy (non-hydrogen) atoms. The van der Waals surface area contributed by atoms with Crippen LogP contribution in [0.2, 0.25) is 0 Å². The molecule has 0 radical (unpaired) electrons. The highest BCUT2D eigenvalue weighted by Gasteiger charge is 2.29. The quantitative estimate of drug-likeness (QED) is 0.639. The van der Waals surface area contributed by atoms with Gasteiger partial charge in [-0.2, -0.15) is 0 Å². The van der Waals surface area contributed by atoms with Gasteiger partial charge >= 0.3 is 6.03 Å². The SMILES string of the molecule is O=C(NCCn1cnc2cc(C(=O)N3CCCC3CCO)ccc21)N1CCC(O)CC1. The van der Waals surface area contributed by atoms with Gasteiger partial charge in [-0.3, -0.25) is 4.79 Å². The highest BCUT2D eigenvalue weighted by Crippen LogP contribution is 2.24. The summed E-state index contributed by atoms with van der Waals surface area (Å²) in [5, 5.41) is 21.7. The third-order valence-corrected chi connectivity index (χ3v) is 6.35. The smallest absolute Gasteiger partial charge is 0.317 e. The van der Waals surface area contributed by atoms with Gasteiger partial charge in [0.2, 0.25) is 0 Å². The molecule has 168 valence electrons. The molecule has 1 unspecified atom stereocenters. The monoisotopic (exact) mass is 429 g/mol. The Kier molecular flexibility index (Phi) is 6.72. The topological polar surface area (TPSA) is 111 Å². The van der Waals surface area contributed by atoms with Gasteiger partial charge in [-0.25, -0.2) is 9.78 Å². The molecule has 0 bridgehead atoms. The molecular weight excluding hydrogens is 398 g/mol. The van der Waals surface area contributed by atoms with E-state index in [-0.39, 0.29) is 30.7 Å². The van der Waals surface area contributed by atoms with Crippen LogP contribution in [0.4, 0.5) is 4.79 Å². The molecule has 2 aliphatic rings. The Hall–Kier alpha value is -2.65. The minimum absolute atomic E-state index is 0.00804. The van der Waals surface area contributed by atoms with E-state index in [2.05, 4.69) is 10.3 Å². The third kappa shape index (κ3) is 4.83. The number of nitrogens with zero attached hydrogens (tertiary/aromatic N) is 4. The van der Waals surface area contributed by atoms with Gasteiger partial charge in [-0.05, 0) is 50.3 Å². The minimum Gasteiger partial charge on any atom is -0.396 e. The number of nitrogens with one attached hydrogen (secondary N) is 1. The molecule has 1 aromatic heterocycles. The van der Waals surface area contributed by atoms with Crippen molar-refractivity contribution in [3.63, 3.8) is 0 Å². The lowest BCUT2D eigenvalue weighted by Gasteiger charge is -2.29. The Morgan fingerprint density at radius 2 is 1.97 bits per heavy atom. The number of carbonyl (C=O) groups excluding carboxylic acids is 2. The molecule has 0 spiro atoms. The maximum Gasteiger partial charge on any atom is 0.317 e. The Balaban J connectivity index is 1.35. The molecule has 9 nitrogen and oxygen atoms in total. The second kappa shape index (κ2) is 9.65. The molecule has 9 heteroatoms. The van der Waals surface area contributed by atoms with Crippen LogP contribution in [0.15, 0.2) is 24.5 Å². The van der Waals surface area contributed by atoms with E-state index < -0.39 is 0 Å². The maximum absolute atomic E-state index is 12.9. The lowest BCUT2D eigenvalue weighted by atomic mass is 10.1. The number of aliphatic hydroxyl groups is 2. The van der Waals surface area contributed by atoms with E-state index in [0.29, 0.717) is 51.0 Å². The van der Waals surface area contributed by atoms with Crippen molar-refractivity contribution in [3.8, 4) is 0 Å². The predicted octanol–water partition coefficient (Wildman–Crippen LogP) is 1.19. The van der Waals surface area contributed by atoms with E-state index in [4.69, 9.17) is 0 Å². The number of hydrogen-bond acceptors (Lipinski definition) is 5. The van der Waals surface area contributed by atoms with Gasteiger partial charge < -0.3 is 29.9 Å². The van der Waals surface area contributed by atoms with Crippen molar-refractivity contribution in [2.75, 3.05) is 32.8 Å². The molecule has 1 atom stereocenters.